The Labute approximate surface area is 446 Å². The first kappa shape index (κ1) is 54.7. The summed E-state index contributed by atoms with van der Waals surface area (Å²) < 4.78 is 11.8. The van der Waals surface area contributed by atoms with E-state index in [1.54, 1.807) is 85.1 Å². The molecule has 7 atom stereocenters. The number of rotatable bonds is 17. The quantitative estimate of drug-likeness (QED) is 0.0598. The molecule has 0 radical (unpaired) electrons. The van der Waals surface area contributed by atoms with Crippen LogP contribution in [0.15, 0.2) is 146 Å². The molecule has 2 fully saturated rings. The molecular weight excluding hydrogens is 981 g/mol. The van der Waals surface area contributed by atoms with E-state index in [4.69, 9.17) is 20.9 Å². The Kier molecular flexibility index (Phi) is 19.0. The van der Waals surface area contributed by atoms with E-state index in [1.165, 1.54) is 4.90 Å². The first-order chi connectivity index (χ1) is 37.5. The maximum Gasteiger partial charge on any atom is 0.407 e. The van der Waals surface area contributed by atoms with Gasteiger partial charge in [-0.25, -0.2) is 4.79 Å². The van der Waals surface area contributed by atoms with E-state index in [0.29, 0.717) is 54.0 Å². The first-order valence-corrected chi connectivity index (χ1v) is 26.0. The number of carbonyl (C=O) groups excluding carboxylic acids is 7. The summed E-state index contributed by atoms with van der Waals surface area (Å²) in [6, 6.07) is 33.6. The number of nitrogens with one attached hydrogen (secondary N) is 7. The minimum absolute atomic E-state index is 0.0385. The second kappa shape index (κ2) is 26.8. The molecule has 0 spiro atoms. The molecule has 402 valence electrons. The normalized spacial score (nSPS) is 21.6. The number of para-hydroxylation sites is 1. The summed E-state index contributed by atoms with van der Waals surface area (Å²) in [6.07, 6.45) is 0.652. The number of benzene rings is 5. The van der Waals surface area contributed by atoms with Crippen LogP contribution in [-0.4, -0.2) is 114 Å². The number of amides is 7. The number of aromatic nitrogens is 1. The van der Waals surface area contributed by atoms with Gasteiger partial charge < -0.3 is 62.7 Å². The van der Waals surface area contributed by atoms with E-state index in [0.717, 1.165) is 16.5 Å². The number of ether oxygens (including phenoxy) is 2. The average molecular weight is 1050 g/mol. The lowest BCUT2D eigenvalue weighted by Gasteiger charge is -2.32. The third-order valence-corrected chi connectivity index (χ3v) is 13.7. The molecule has 11 N–H and O–H groups in total. The standard InChI is InChI=1S/C58H66N10O9/c59-27-13-12-22-46-52(69)64-47(30-38-23-25-42(26-24-38)76-36-39-16-6-2-7-17-39)53(70)66-49(31-37-14-4-1-5-15-37)57(74)68-35-43(77-58(75)61-29-28-60)33-50(68)55(72)67-51(40-18-8-3-9-19-40)56(73)65-48(54(71)63-46)32-41-34-62-45-21-11-10-20-44(41)45/h1-11,14-21,23-26,34,43,46-51,62H,12-13,22,27-33,35-36,59-60H2,(H,61,75)(H,63,71)(H,64,69)(H,65,73)(H,66,70)(H,67,72)/t43?,46-,47-,48+,49-,50+,51-/m1/s1. The van der Waals surface area contributed by atoms with Crippen molar-refractivity contribution in [1.29, 1.82) is 0 Å². The summed E-state index contributed by atoms with van der Waals surface area (Å²) >= 11 is 0. The molecule has 2 aliphatic heterocycles. The monoisotopic (exact) mass is 1050 g/mol. The smallest absolute Gasteiger partial charge is 0.407 e. The van der Waals surface area contributed by atoms with Gasteiger partial charge in [-0.3, -0.25) is 28.8 Å². The highest BCUT2D eigenvalue weighted by atomic mass is 16.6. The van der Waals surface area contributed by atoms with Crippen molar-refractivity contribution in [3.63, 3.8) is 0 Å². The molecule has 6 aromatic rings. The van der Waals surface area contributed by atoms with Crippen LogP contribution in [0.1, 0.15) is 59.5 Å². The zero-order valence-corrected chi connectivity index (χ0v) is 42.7. The van der Waals surface area contributed by atoms with Crippen molar-refractivity contribution in [3.05, 3.63) is 174 Å². The van der Waals surface area contributed by atoms with Crippen LogP contribution >= 0.6 is 0 Å². The Bertz CT molecular complexity index is 2960. The van der Waals surface area contributed by atoms with E-state index in [2.05, 4.69) is 36.9 Å². The molecule has 77 heavy (non-hydrogen) atoms. The van der Waals surface area contributed by atoms with Crippen LogP contribution in [-0.2, 0) is 59.4 Å². The molecule has 0 aliphatic carbocycles. The number of aromatic amines is 1. The van der Waals surface area contributed by atoms with E-state index in [1.807, 2.05) is 60.7 Å². The highest BCUT2D eigenvalue weighted by Gasteiger charge is 2.45. The van der Waals surface area contributed by atoms with Crippen LogP contribution in [0.4, 0.5) is 4.79 Å². The first-order valence-electron chi connectivity index (χ1n) is 26.0. The number of fused-ring (bicyclic) bond motifs is 2. The number of nitrogens with two attached hydrogens (primary N) is 2. The Hall–Kier alpha value is -8.55. The Morgan fingerprint density at radius 2 is 1.17 bits per heavy atom. The molecular formula is C58H66N10O9. The molecule has 1 aromatic heterocycles. The fraction of sp³-hybridized carbons (Fsp3) is 0.328. The van der Waals surface area contributed by atoms with Crippen molar-refractivity contribution in [2.45, 2.75) is 93.9 Å². The molecule has 3 heterocycles. The predicted molar refractivity (Wildman–Crippen MR) is 288 cm³/mol. The summed E-state index contributed by atoms with van der Waals surface area (Å²) in [7, 11) is 0. The molecule has 0 saturated carbocycles. The fourth-order valence-corrected chi connectivity index (χ4v) is 9.65. The number of nitrogens with zero attached hydrogens (tertiary/aromatic N) is 1. The SMILES string of the molecule is NCCCC[C@H]1NC(=O)[C@H](Cc2c[nH]c3ccccc23)NC(=O)[C@@H](c2ccccc2)NC(=O)[C@@H]2CC(OC(=O)NCCN)CN2C(=O)[C@@H](Cc2ccccc2)NC(=O)[C@@H](Cc2ccc(OCc3ccccc3)cc2)NC1=O. The van der Waals surface area contributed by atoms with Crippen molar-refractivity contribution in [3.8, 4) is 5.75 Å². The predicted octanol–water partition coefficient (Wildman–Crippen LogP) is 3.37. The molecule has 0 bridgehead atoms. The van der Waals surface area contributed by atoms with Gasteiger partial charge in [0, 0.05) is 55.9 Å². The van der Waals surface area contributed by atoms with E-state index in [-0.39, 0.29) is 51.7 Å². The van der Waals surface area contributed by atoms with Gasteiger partial charge in [0.15, 0.2) is 0 Å². The topological polar surface area (TPSA) is 281 Å². The zero-order valence-electron chi connectivity index (χ0n) is 42.7. The number of carbonyl (C=O) groups is 7. The molecule has 2 aliphatic rings. The lowest BCUT2D eigenvalue weighted by atomic mass is 9.99. The average Bonchev–Trinajstić information content (AvgIpc) is 4.08. The second-order valence-electron chi connectivity index (χ2n) is 19.2. The number of hydrogen-bond acceptors (Lipinski definition) is 11. The highest BCUT2D eigenvalue weighted by Crippen LogP contribution is 2.26. The van der Waals surface area contributed by atoms with Gasteiger partial charge in [0.05, 0.1) is 6.54 Å². The zero-order chi connectivity index (χ0) is 54.1. The number of H-pyrrole nitrogens is 1. The van der Waals surface area contributed by atoms with Crippen LogP contribution in [0.25, 0.3) is 10.9 Å². The van der Waals surface area contributed by atoms with Gasteiger partial charge in [-0.2, -0.15) is 0 Å². The Morgan fingerprint density at radius 3 is 1.87 bits per heavy atom. The van der Waals surface area contributed by atoms with Crippen LogP contribution in [0.2, 0.25) is 0 Å². The van der Waals surface area contributed by atoms with Gasteiger partial charge in [0.25, 0.3) is 0 Å². The van der Waals surface area contributed by atoms with Crippen LogP contribution in [0.3, 0.4) is 0 Å². The summed E-state index contributed by atoms with van der Waals surface area (Å²) in [5.41, 5.74) is 15.7. The largest absolute Gasteiger partial charge is 0.489 e. The maximum atomic E-state index is 15.3. The van der Waals surface area contributed by atoms with Gasteiger partial charge in [0.1, 0.15) is 54.7 Å². The lowest BCUT2D eigenvalue weighted by molar-refractivity contribution is -0.143. The second-order valence-corrected chi connectivity index (χ2v) is 19.2. The highest BCUT2D eigenvalue weighted by molar-refractivity contribution is 5.99. The van der Waals surface area contributed by atoms with Crippen LogP contribution in [0.5, 0.6) is 5.75 Å². The van der Waals surface area contributed by atoms with Crippen LogP contribution in [0, 0.1) is 0 Å². The fourth-order valence-electron chi connectivity index (χ4n) is 9.65. The Morgan fingerprint density at radius 1 is 0.584 bits per heavy atom. The van der Waals surface area contributed by atoms with E-state index < -0.39 is 83.9 Å². The van der Waals surface area contributed by atoms with Crippen molar-refractivity contribution in [2.75, 3.05) is 26.2 Å². The van der Waals surface area contributed by atoms with Gasteiger partial charge in [-0.05, 0) is 71.8 Å². The molecule has 2 saturated heterocycles. The molecule has 8 rings (SSSR count). The van der Waals surface area contributed by atoms with Gasteiger partial charge in [-0.1, -0.05) is 121 Å². The molecule has 1 unspecified atom stereocenters. The van der Waals surface area contributed by atoms with E-state index in [9.17, 15) is 24.0 Å². The minimum atomic E-state index is -1.42. The molecule has 19 nitrogen and oxygen atoms in total. The Balaban J connectivity index is 1.19. The van der Waals surface area contributed by atoms with Crippen molar-refractivity contribution < 1.29 is 43.0 Å². The number of unbranched alkanes of at least 4 members (excludes halogenated alkanes) is 1. The maximum absolute atomic E-state index is 15.3. The van der Waals surface area contributed by atoms with Gasteiger partial charge in [0.2, 0.25) is 35.4 Å². The van der Waals surface area contributed by atoms with Crippen LogP contribution < -0.4 is 48.1 Å². The summed E-state index contributed by atoms with van der Waals surface area (Å²) in [5, 5.41) is 17.9. The van der Waals surface area contributed by atoms with Gasteiger partial charge in [-0.15, -0.1) is 0 Å². The lowest BCUT2D eigenvalue weighted by Crippen LogP contribution is -2.61. The third kappa shape index (κ3) is 14.9. The van der Waals surface area contributed by atoms with Gasteiger partial charge >= 0.3 is 6.09 Å². The number of alkyl carbamates (subject to hydrolysis) is 1. The van der Waals surface area contributed by atoms with Crippen molar-refractivity contribution in [1.82, 2.24) is 41.8 Å². The van der Waals surface area contributed by atoms with Crippen molar-refractivity contribution in [2.24, 2.45) is 11.5 Å². The summed E-state index contributed by atoms with van der Waals surface area (Å²) in [6.45, 7) is 0.617. The minimum Gasteiger partial charge on any atom is -0.489 e. The van der Waals surface area contributed by atoms with Crippen molar-refractivity contribution >= 4 is 52.4 Å². The number of hydrogen-bond donors (Lipinski definition) is 9. The third-order valence-electron chi connectivity index (χ3n) is 13.7. The molecule has 7 amide bonds. The van der Waals surface area contributed by atoms with E-state index >= 15 is 9.59 Å². The molecule has 19 heteroatoms. The summed E-state index contributed by atoms with van der Waals surface area (Å²) in [5.74, 6) is -3.76. The summed E-state index contributed by atoms with van der Waals surface area (Å²) in [4.78, 5) is 107. The molecule has 5 aromatic carbocycles.